The fourth-order valence-corrected chi connectivity index (χ4v) is 5.28. The number of benzene rings is 3. The third-order valence-electron chi connectivity index (χ3n) is 6.02. The van der Waals surface area contributed by atoms with E-state index in [0.717, 1.165) is 36.4 Å². The SMILES string of the molecule is Cc1cc(CSc2ccccc2)ccc1NC(=O)C1CCCN(Cc2c(F)cccc2Cl)C1. The van der Waals surface area contributed by atoms with Crippen molar-refractivity contribution in [2.45, 2.75) is 37.0 Å². The first kappa shape index (κ1) is 23.8. The Morgan fingerprint density at radius 2 is 1.97 bits per heavy atom. The van der Waals surface area contributed by atoms with Crippen molar-refractivity contribution in [3.63, 3.8) is 0 Å². The Kier molecular flexibility index (Phi) is 8.07. The van der Waals surface area contributed by atoms with Crippen LogP contribution in [0.25, 0.3) is 0 Å². The molecule has 1 aliphatic heterocycles. The van der Waals surface area contributed by atoms with Gasteiger partial charge in [-0.2, -0.15) is 0 Å². The highest BCUT2D eigenvalue weighted by Crippen LogP contribution is 2.27. The number of anilines is 1. The van der Waals surface area contributed by atoms with E-state index >= 15 is 0 Å². The largest absolute Gasteiger partial charge is 0.326 e. The van der Waals surface area contributed by atoms with Gasteiger partial charge in [-0.25, -0.2) is 4.39 Å². The third kappa shape index (κ3) is 6.38. The number of likely N-dealkylation sites (tertiary alicyclic amines) is 1. The Balaban J connectivity index is 1.34. The summed E-state index contributed by atoms with van der Waals surface area (Å²) in [5, 5.41) is 3.55. The number of hydrogen-bond donors (Lipinski definition) is 1. The van der Waals surface area contributed by atoms with Crippen LogP contribution in [0.1, 0.15) is 29.5 Å². The summed E-state index contributed by atoms with van der Waals surface area (Å²) in [5.41, 5.74) is 3.63. The minimum Gasteiger partial charge on any atom is -0.326 e. The monoisotopic (exact) mass is 482 g/mol. The standard InChI is InChI=1S/C27H28ClFN2OS/c1-19-15-20(18-33-22-8-3-2-4-9-22)12-13-26(19)30-27(32)21-7-6-14-31(16-21)17-23-24(28)10-5-11-25(23)29/h2-5,8-13,15,21H,6-7,14,16-18H2,1H3,(H,30,32). The van der Waals surface area contributed by atoms with Crippen molar-refractivity contribution in [1.82, 2.24) is 4.90 Å². The summed E-state index contributed by atoms with van der Waals surface area (Å²) in [4.78, 5) is 16.4. The molecule has 3 aromatic rings. The summed E-state index contributed by atoms with van der Waals surface area (Å²) in [6.07, 6.45) is 1.73. The zero-order chi connectivity index (χ0) is 23.2. The zero-order valence-electron chi connectivity index (χ0n) is 18.7. The molecule has 4 rings (SSSR count). The van der Waals surface area contributed by atoms with Gasteiger partial charge in [-0.15, -0.1) is 11.8 Å². The number of amides is 1. The maximum Gasteiger partial charge on any atom is 0.228 e. The topological polar surface area (TPSA) is 32.3 Å². The number of nitrogens with one attached hydrogen (secondary N) is 1. The third-order valence-corrected chi connectivity index (χ3v) is 7.45. The average Bonchev–Trinajstić information content (AvgIpc) is 2.82. The number of thioether (sulfide) groups is 1. The molecule has 0 aromatic heterocycles. The van der Waals surface area contributed by atoms with Gasteiger partial charge in [-0.1, -0.05) is 48.0 Å². The van der Waals surface area contributed by atoms with Gasteiger partial charge in [0.2, 0.25) is 5.91 Å². The van der Waals surface area contributed by atoms with Crippen molar-refractivity contribution in [3.05, 3.63) is 94.3 Å². The number of aryl methyl sites for hydroxylation is 1. The fraction of sp³-hybridized carbons (Fsp3) is 0.296. The van der Waals surface area contributed by atoms with Crippen LogP contribution in [0.3, 0.4) is 0 Å². The van der Waals surface area contributed by atoms with E-state index in [1.807, 2.05) is 31.2 Å². The van der Waals surface area contributed by atoms with Crippen molar-refractivity contribution < 1.29 is 9.18 Å². The van der Waals surface area contributed by atoms with E-state index < -0.39 is 0 Å². The molecule has 1 saturated heterocycles. The Hall–Kier alpha value is -2.34. The van der Waals surface area contributed by atoms with E-state index in [0.29, 0.717) is 23.7 Å². The second kappa shape index (κ2) is 11.2. The van der Waals surface area contributed by atoms with Gasteiger partial charge >= 0.3 is 0 Å². The molecule has 0 spiro atoms. The molecule has 1 fully saturated rings. The lowest BCUT2D eigenvalue weighted by Gasteiger charge is -2.32. The van der Waals surface area contributed by atoms with Crippen LogP contribution in [-0.4, -0.2) is 23.9 Å². The number of halogens is 2. The maximum absolute atomic E-state index is 14.2. The summed E-state index contributed by atoms with van der Waals surface area (Å²) >= 11 is 7.99. The molecular weight excluding hydrogens is 455 g/mol. The molecule has 1 amide bonds. The molecule has 6 heteroatoms. The highest BCUT2D eigenvalue weighted by atomic mass is 35.5. The van der Waals surface area contributed by atoms with Crippen LogP contribution in [0.5, 0.6) is 0 Å². The van der Waals surface area contributed by atoms with Gasteiger partial charge in [0.1, 0.15) is 5.82 Å². The Morgan fingerprint density at radius 3 is 2.73 bits per heavy atom. The van der Waals surface area contributed by atoms with Gasteiger partial charge in [0.15, 0.2) is 0 Å². The number of carbonyl (C=O) groups excluding carboxylic acids is 1. The Morgan fingerprint density at radius 1 is 1.15 bits per heavy atom. The summed E-state index contributed by atoms with van der Waals surface area (Å²) < 4.78 is 14.2. The molecule has 3 nitrogen and oxygen atoms in total. The number of piperidine rings is 1. The van der Waals surface area contributed by atoms with Gasteiger partial charge in [0.25, 0.3) is 0 Å². The lowest BCUT2D eigenvalue weighted by Crippen LogP contribution is -2.40. The Labute approximate surface area is 204 Å². The second-order valence-electron chi connectivity index (χ2n) is 8.51. The van der Waals surface area contributed by atoms with Crippen molar-refractivity contribution >= 4 is 35.0 Å². The van der Waals surface area contributed by atoms with Crippen molar-refractivity contribution in [3.8, 4) is 0 Å². The van der Waals surface area contributed by atoms with Crippen LogP contribution in [0.15, 0.2) is 71.6 Å². The molecule has 172 valence electrons. The smallest absolute Gasteiger partial charge is 0.228 e. The predicted octanol–water partition coefficient (Wildman–Crippen LogP) is 6.93. The minimum absolute atomic E-state index is 0.0221. The van der Waals surface area contributed by atoms with Gasteiger partial charge in [0.05, 0.1) is 5.92 Å². The van der Waals surface area contributed by atoms with Gasteiger partial charge < -0.3 is 5.32 Å². The summed E-state index contributed by atoms with van der Waals surface area (Å²) in [6.45, 7) is 3.88. The van der Waals surface area contributed by atoms with Crippen LogP contribution < -0.4 is 5.32 Å². The molecular formula is C27H28ClFN2OS. The number of rotatable bonds is 7. The van der Waals surface area contributed by atoms with Crippen LogP contribution in [0.2, 0.25) is 5.02 Å². The fourth-order valence-electron chi connectivity index (χ4n) is 4.19. The molecule has 1 N–H and O–H groups in total. The lowest BCUT2D eigenvalue weighted by atomic mass is 9.96. The summed E-state index contributed by atoms with van der Waals surface area (Å²) in [7, 11) is 0. The first-order chi connectivity index (χ1) is 16.0. The van der Waals surface area contributed by atoms with E-state index in [1.54, 1.807) is 23.9 Å². The number of nitrogens with zero attached hydrogens (tertiary/aromatic N) is 1. The molecule has 33 heavy (non-hydrogen) atoms. The van der Waals surface area contributed by atoms with Crippen molar-refractivity contribution in [1.29, 1.82) is 0 Å². The van der Waals surface area contributed by atoms with E-state index in [-0.39, 0.29) is 17.6 Å². The van der Waals surface area contributed by atoms with Gasteiger partial charge in [0, 0.05) is 40.0 Å². The molecule has 0 radical (unpaired) electrons. The van der Waals surface area contributed by atoms with E-state index in [9.17, 15) is 9.18 Å². The van der Waals surface area contributed by atoms with Crippen LogP contribution >= 0.6 is 23.4 Å². The molecule has 0 aliphatic carbocycles. The van der Waals surface area contributed by atoms with Crippen molar-refractivity contribution in [2.75, 3.05) is 18.4 Å². The number of hydrogen-bond acceptors (Lipinski definition) is 3. The quantitative estimate of drug-likeness (QED) is 0.370. The van der Waals surface area contributed by atoms with Crippen LogP contribution in [0, 0.1) is 18.7 Å². The van der Waals surface area contributed by atoms with Crippen LogP contribution in [-0.2, 0) is 17.1 Å². The second-order valence-corrected chi connectivity index (χ2v) is 9.97. The van der Waals surface area contributed by atoms with E-state index in [1.165, 1.54) is 16.5 Å². The van der Waals surface area contributed by atoms with Crippen LogP contribution in [0.4, 0.5) is 10.1 Å². The molecule has 1 aliphatic rings. The normalized spacial score (nSPS) is 16.5. The molecule has 1 unspecified atom stereocenters. The molecule has 3 aromatic carbocycles. The molecule has 1 atom stereocenters. The molecule has 1 heterocycles. The first-order valence-electron chi connectivity index (χ1n) is 11.2. The maximum atomic E-state index is 14.2. The van der Waals surface area contributed by atoms with E-state index in [4.69, 9.17) is 11.6 Å². The van der Waals surface area contributed by atoms with Gasteiger partial charge in [-0.3, -0.25) is 9.69 Å². The van der Waals surface area contributed by atoms with Gasteiger partial charge in [-0.05, 0) is 67.8 Å². The zero-order valence-corrected chi connectivity index (χ0v) is 20.3. The summed E-state index contributed by atoms with van der Waals surface area (Å²) in [5.74, 6) is 0.482. The predicted molar refractivity (Wildman–Crippen MR) is 135 cm³/mol. The lowest BCUT2D eigenvalue weighted by molar-refractivity contribution is -0.121. The molecule has 0 bridgehead atoms. The summed E-state index contributed by atoms with van der Waals surface area (Å²) in [6, 6.07) is 21.3. The molecule has 0 saturated carbocycles. The highest BCUT2D eigenvalue weighted by molar-refractivity contribution is 7.98. The minimum atomic E-state index is -0.296. The highest BCUT2D eigenvalue weighted by Gasteiger charge is 2.27. The number of carbonyl (C=O) groups is 1. The average molecular weight is 483 g/mol. The first-order valence-corrected chi connectivity index (χ1v) is 12.6. The van der Waals surface area contributed by atoms with E-state index in [2.05, 4.69) is 34.5 Å². The Bertz CT molecular complexity index is 1090. The van der Waals surface area contributed by atoms with Crippen molar-refractivity contribution in [2.24, 2.45) is 5.92 Å².